The molecule has 0 spiro atoms. The van der Waals surface area contributed by atoms with Crippen LogP contribution in [-0.2, 0) is 6.18 Å². The fraction of sp³-hybridized carbons (Fsp3) is 0.533. The number of alkyl halides is 3. The minimum absolute atomic E-state index is 0.0785. The van der Waals surface area contributed by atoms with E-state index in [1.165, 1.54) is 6.07 Å². The third-order valence-electron chi connectivity index (χ3n) is 3.78. The zero-order chi connectivity index (χ0) is 15.5. The van der Waals surface area contributed by atoms with Crippen molar-refractivity contribution in [2.45, 2.75) is 44.0 Å². The van der Waals surface area contributed by atoms with Crippen LogP contribution in [0.4, 0.5) is 13.2 Å². The minimum atomic E-state index is -4.46. The maximum Gasteiger partial charge on any atom is 0.416 e. The molecule has 1 aromatic carbocycles. The first-order chi connectivity index (χ1) is 9.95. The summed E-state index contributed by atoms with van der Waals surface area (Å²) in [5.74, 6) is 0.220. The zero-order valence-corrected chi connectivity index (χ0v) is 11.7. The molecule has 0 amide bonds. The Bertz CT molecular complexity index is 537. The smallest absolute Gasteiger partial charge is 0.416 e. The number of benzene rings is 1. The van der Waals surface area contributed by atoms with E-state index in [0.717, 1.165) is 37.8 Å². The second-order valence-corrected chi connectivity index (χ2v) is 5.16. The number of nitrogens with zero attached hydrogens (tertiary/aromatic N) is 1. The highest BCUT2D eigenvalue weighted by Crippen LogP contribution is 2.33. The van der Waals surface area contributed by atoms with Gasteiger partial charge >= 0.3 is 6.18 Å². The zero-order valence-electron chi connectivity index (χ0n) is 11.7. The Morgan fingerprint density at radius 3 is 2.62 bits per heavy atom. The predicted octanol–water partition coefficient (Wildman–Crippen LogP) is 3.49. The van der Waals surface area contributed by atoms with Crippen LogP contribution in [0.5, 0.6) is 5.75 Å². The molecule has 6 heteroatoms. The number of rotatable bonds is 3. The Kier molecular flexibility index (Phi) is 4.73. The summed E-state index contributed by atoms with van der Waals surface area (Å²) >= 11 is 0. The number of nitriles is 1. The van der Waals surface area contributed by atoms with E-state index in [2.05, 4.69) is 5.32 Å². The van der Waals surface area contributed by atoms with Crippen LogP contribution in [0.2, 0.25) is 0 Å². The summed E-state index contributed by atoms with van der Waals surface area (Å²) in [5.41, 5.74) is -0.912. The van der Waals surface area contributed by atoms with Crippen LogP contribution >= 0.6 is 0 Å². The summed E-state index contributed by atoms with van der Waals surface area (Å²) in [7, 11) is 1.84. The topological polar surface area (TPSA) is 45.0 Å². The van der Waals surface area contributed by atoms with Crippen molar-refractivity contribution in [3.8, 4) is 11.8 Å². The van der Waals surface area contributed by atoms with Crippen molar-refractivity contribution < 1.29 is 17.9 Å². The van der Waals surface area contributed by atoms with Crippen LogP contribution in [0.1, 0.15) is 36.8 Å². The van der Waals surface area contributed by atoms with Gasteiger partial charge in [0.1, 0.15) is 17.9 Å². The van der Waals surface area contributed by atoms with Crippen molar-refractivity contribution in [3.05, 3.63) is 29.3 Å². The van der Waals surface area contributed by atoms with Gasteiger partial charge in [0.05, 0.1) is 11.1 Å². The molecule has 1 aliphatic carbocycles. The third-order valence-corrected chi connectivity index (χ3v) is 3.78. The van der Waals surface area contributed by atoms with Gasteiger partial charge in [0.2, 0.25) is 0 Å². The molecule has 2 rings (SSSR count). The fourth-order valence-corrected chi connectivity index (χ4v) is 2.63. The summed E-state index contributed by atoms with van der Waals surface area (Å²) in [6, 6.07) is 4.98. The molecular weight excluding hydrogens is 281 g/mol. The van der Waals surface area contributed by atoms with Gasteiger partial charge in [0, 0.05) is 6.04 Å². The first-order valence-corrected chi connectivity index (χ1v) is 6.91. The number of ether oxygens (including phenoxy) is 1. The van der Waals surface area contributed by atoms with Crippen molar-refractivity contribution in [2.75, 3.05) is 7.05 Å². The van der Waals surface area contributed by atoms with Crippen molar-refractivity contribution in [1.29, 1.82) is 5.26 Å². The standard InChI is InChI=1S/C15H17F3N2O/c1-20-12-4-2-3-5-14(12)21-13-7-6-11(15(16,17)18)8-10(13)9-19/h6-8,12,14,20H,2-5H2,1H3. The second kappa shape index (κ2) is 6.35. The summed E-state index contributed by atoms with van der Waals surface area (Å²) in [4.78, 5) is 0. The number of likely N-dealkylation sites (N-methyl/N-ethyl adjacent to an activating group) is 1. The summed E-state index contributed by atoms with van der Waals surface area (Å²) < 4.78 is 43.7. The van der Waals surface area contributed by atoms with Crippen LogP contribution in [0.25, 0.3) is 0 Å². The maximum atomic E-state index is 12.7. The molecule has 0 radical (unpaired) electrons. The molecule has 114 valence electrons. The summed E-state index contributed by atoms with van der Waals surface area (Å²) in [6.07, 6.45) is -0.661. The molecule has 1 aromatic rings. The number of nitrogens with one attached hydrogen (secondary N) is 1. The molecule has 1 aliphatic rings. The monoisotopic (exact) mass is 298 g/mol. The van der Waals surface area contributed by atoms with Crippen molar-refractivity contribution >= 4 is 0 Å². The molecule has 0 bridgehead atoms. The third kappa shape index (κ3) is 3.67. The van der Waals surface area contributed by atoms with Gasteiger partial charge in [-0.3, -0.25) is 0 Å². The van der Waals surface area contributed by atoms with Gasteiger partial charge in [-0.15, -0.1) is 0 Å². The average Bonchev–Trinajstić information content (AvgIpc) is 2.47. The Morgan fingerprint density at radius 2 is 2.00 bits per heavy atom. The first kappa shape index (κ1) is 15.6. The predicted molar refractivity (Wildman–Crippen MR) is 71.9 cm³/mol. The normalized spacial score (nSPS) is 22.6. The average molecular weight is 298 g/mol. The van der Waals surface area contributed by atoms with Crippen LogP contribution in [0, 0.1) is 11.3 Å². The van der Waals surface area contributed by atoms with Gasteiger partial charge in [0.25, 0.3) is 0 Å². The summed E-state index contributed by atoms with van der Waals surface area (Å²) in [5, 5.41) is 12.2. The van der Waals surface area contributed by atoms with Gasteiger partial charge in [0.15, 0.2) is 0 Å². The first-order valence-electron chi connectivity index (χ1n) is 6.91. The Hall–Kier alpha value is -1.74. The number of hydrogen-bond acceptors (Lipinski definition) is 3. The van der Waals surface area contributed by atoms with Crippen molar-refractivity contribution in [2.24, 2.45) is 0 Å². The van der Waals surface area contributed by atoms with E-state index in [4.69, 9.17) is 10.00 Å². The fourth-order valence-electron chi connectivity index (χ4n) is 2.63. The highest BCUT2D eigenvalue weighted by atomic mass is 19.4. The molecule has 0 aromatic heterocycles. The van der Waals surface area contributed by atoms with E-state index in [1.54, 1.807) is 6.07 Å². The Labute approximate surface area is 121 Å². The molecule has 0 aliphatic heterocycles. The maximum absolute atomic E-state index is 12.7. The van der Waals surface area contributed by atoms with Crippen LogP contribution < -0.4 is 10.1 Å². The molecule has 1 fully saturated rings. The highest BCUT2D eigenvalue weighted by Gasteiger charge is 2.32. The SMILES string of the molecule is CNC1CCCCC1Oc1ccc(C(F)(F)F)cc1C#N. The Balaban J connectivity index is 2.22. The highest BCUT2D eigenvalue weighted by molar-refractivity contribution is 5.46. The van der Waals surface area contributed by atoms with Gasteiger partial charge in [-0.1, -0.05) is 6.42 Å². The summed E-state index contributed by atoms with van der Waals surface area (Å²) in [6.45, 7) is 0. The van der Waals surface area contributed by atoms with E-state index in [9.17, 15) is 13.2 Å². The minimum Gasteiger partial charge on any atom is -0.487 e. The quantitative estimate of drug-likeness (QED) is 0.929. The van der Waals surface area contributed by atoms with Gasteiger partial charge in [-0.05, 0) is 44.5 Å². The van der Waals surface area contributed by atoms with Crippen molar-refractivity contribution in [3.63, 3.8) is 0 Å². The van der Waals surface area contributed by atoms with E-state index >= 15 is 0 Å². The van der Waals surface area contributed by atoms with Gasteiger partial charge in [-0.25, -0.2) is 0 Å². The molecule has 0 heterocycles. The van der Waals surface area contributed by atoms with Crippen LogP contribution in [0.15, 0.2) is 18.2 Å². The lowest BCUT2D eigenvalue weighted by molar-refractivity contribution is -0.137. The molecule has 2 atom stereocenters. The number of hydrogen-bond donors (Lipinski definition) is 1. The lowest BCUT2D eigenvalue weighted by atomic mass is 9.92. The van der Waals surface area contributed by atoms with E-state index in [-0.39, 0.29) is 23.5 Å². The molecule has 2 unspecified atom stereocenters. The van der Waals surface area contributed by atoms with E-state index in [0.29, 0.717) is 0 Å². The van der Waals surface area contributed by atoms with Gasteiger partial charge in [-0.2, -0.15) is 18.4 Å². The molecule has 21 heavy (non-hydrogen) atoms. The lowest BCUT2D eigenvalue weighted by Crippen LogP contribution is -2.43. The van der Waals surface area contributed by atoms with Crippen LogP contribution in [-0.4, -0.2) is 19.2 Å². The van der Waals surface area contributed by atoms with Crippen molar-refractivity contribution in [1.82, 2.24) is 5.32 Å². The molecular formula is C15H17F3N2O. The molecule has 0 saturated heterocycles. The molecule has 3 nitrogen and oxygen atoms in total. The van der Waals surface area contributed by atoms with E-state index in [1.807, 2.05) is 7.05 Å². The lowest BCUT2D eigenvalue weighted by Gasteiger charge is -2.31. The second-order valence-electron chi connectivity index (χ2n) is 5.16. The Morgan fingerprint density at radius 1 is 1.29 bits per heavy atom. The largest absolute Gasteiger partial charge is 0.487 e. The van der Waals surface area contributed by atoms with Gasteiger partial charge < -0.3 is 10.1 Å². The van der Waals surface area contributed by atoms with E-state index < -0.39 is 11.7 Å². The van der Waals surface area contributed by atoms with Crippen LogP contribution in [0.3, 0.4) is 0 Å². The molecule has 1 saturated carbocycles. The number of halogens is 3. The molecule has 1 N–H and O–H groups in total.